The Bertz CT molecular complexity index is 522. The summed E-state index contributed by atoms with van der Waals surface area (Å²) in [4.78, 5) is 4.02. The van der Waals surface area contributed by atoms with E-state index in [0.717, 1.165) is 5.56 Å². The molecule has 1 rings (SSSR count). The third kappa shape index (κ3) is 4.54. The smallest absolute Gasteiger partial charge is 0.258 e. The fourth-order valence-electron chi connectivity index (χ4n) is 1.44. The van der Waals surface area contributed by atoms with Crippen molar-refractivity contribution in [1.29, 1.82) is 0 Å². The van der Waals surface area contributed by atoms with E-state index >= 15 is 0 Å². The Morgan fingerprint density at radius 2 is 1.95 bits per heavy atom. The molecular weight excluding hydrogens is 274 g/mol. The second-order valence-electron chi connectivity index (χ2n) is 6.00. The van der Waals surface area contributed by atoms with Gasteiger partial charge in [0.2, 0.25) is 0 Å². The van der Waals surface area contributed by atoms with Crippen molar-refractivity contribution in [3.63, 3.8) is 0 Å². The molecule has 1 aromatic heterocycles. The molecule has 1 heterocycles. The van der Waals surface area contributed by atoms with Gasteiger partial charge in [-0.25, -0.2) is 18.1 Å². The summed E-state index contributed by atoms with van der Waals surface area (Å²) in [7, 11) is -1.71. The maximum absolute atomic E-state index is 12.2. The fourth-order valence-corrected chi connectivity index (χ4v) is 2.59. The summed E-state index contributed by atoms with van der Waals surface area (Å²) in [6, 6.07) is 3.31. The summed E-state index contributed by atoms with van der Waals surface area (Å²) in [5.74, 6) is 0.385. The number of rotatable bonds is 7. The predicted octanol–water partition coefficient (Wildman–Crippen LogP) is 1.76. The van der Waals surface area contributed by atoms with Crippen molar-refractivity contribution >= 4 is 10.0 Å². The number of hydrogen-bond donors (Lipinski definition) is 2. The van der Waals surface area contributed by atoms with Crippen LogP contribution in [0.25, 0.3) is 0 Å². The van der Waals surface area contributed by atoms with Crippen LogP contribution in [0.1, 0.15) is 33.3 Å². The largest absolute Gasteiger partial charge is 0.316 e. The number of pyridine rings is 1. The fraction of sp³-hybridized carbons (Fsp3) is 0.643. The Morgan fingerprint density at radius 3 is 2.40 bits per heavy atom. The van der Waals surface area contributed by atoms with Gasteiger partial charge in [-0.3, -0.25) is 0 Å². The van der Waals surface area contributed by atoms with Gasteiger partial charge in [-0.2, -0.15) is 0 Å². The van der Waals surface area contributed by atoms with Crippen LogP contribution in [0.15, 0.2) is 23.4 Å². The molecule has 0 fully saturated rings. The number of aromatic nitrogens is 1. The van der Waals surface area contributed by atoms with E-state index in [1.54, 1.807) is 12.3 Å². The first-order chi connectivity index (χ1) is 9.19. The summed E-state index contributed by atoms with van der Waals surface area (Å²) in [6.45, 7) is 9.32. The summed E-state index contributed by atoms with van der Waals surface area (Å²) < 4.78 is 27.0. The molecule has 6 heteroatoms. The average molecular weight is 299 g/mol. The molecule has 1 aromatic rings. The van der Waals surface area contributed by atoms with Crippen LogP contribution in [0, 0.1) is 11.3 Å². The zero-order valence-corrected chi connectivity index (χ0v) is 13.7. The predicted molar refractivity (Wildman–Crippen MR) is 80.8 cm³/mol. The minimum absolute atomic E-state index is 0.0666. The highest BCUT2D eigenvalue weighted by Gasteiger charge is 2.25. The molecule has 114 valence electrons. The van der Waals surface area contributed by atoms with E-state index in [-0.39, 0.29) is 10.4 Å². The molecule has 0 saturated heterocycles. The highest BCUT2D eigenvalue weighted by molar-refractivity contribution is 7.89. The van der Waals surface area contributed by atoms with Gasteiger partial charge >= 0.3 is 0 Å². The lowest BCUT2D eigenvalue weighted by molar-refractivity contribution is 0.252. The first kappa shape index (κ1) is 17.1. The van der Waals surface area contributed by atoms with Crippen molar-refractivity contribution in [2.45, 2.75) is 39.3 Å². The average Bonchev–Trinajstić information content (AvgIpc) is 2.38. The number of nitrogens with one attached hydrogen (secondary N) is 2. The highest BCUT2D eigenvalue weighted by atomic mass is 32.2. The zero-order chi connectivity index (χ0) is 15.4. The normalized spacial score (nSPS) is 12.9. The Kier molecular flexibility index (Phi) is 5.68. The van der Waals surface area contributed by atoms with E-state index in [9.17, 15) is 8.42 Å². The van der Waals surface area contributed by atoms with E-state index in [2.05, 4.69) is 28.9 Å². The molecule has 0 unspecified atom stereocenters. The minimum atomic E-state index is -3.54. The lowest BCUT2D eigenvalue weighted by Crippen LogP contribution is -2.37. The van der Waals surface area contributed by atoms with Crippen LogP contribution in [0.5, 0.6) is 0 Å². The van der Waals surface area contributed by atoms with E-state index in [4.69, 9.17) is 0 Å². The zero-order valence-electron chi connectivity index (χ0n) is 12.9. The lowest BCUT2D eigenvalue weighted by Gasteiger charge is -2.29. The molecule has 0 spiro atoms. The van der Waals surface area contributed by atoms with Crippen molar-refractivity contribution in [2.24, 2.45) is 11.3 Å². The van der Waals surface area contributed by atoms with E-state index in [0.29, 0.717) is 19.0 Å². The van der Waals surface area contributed by atoms with Crippen LogP contribution in [-0.2, 0) is 16.6 Å². The van der Waals surface area contributed by atoms with Gasteiger partial charge in [0.15, 0.2) is 5.03 Å². The molecule has 0 aliphatic heterocycles. The van der Waals surface area contributed by atoms with E-state index in [1.165, 1.54) is 6.07 Å². The lowest BCUT2D eigenvalue weighted by atomic mass is 9.81. The maximum Gasteiger partial charge on any atom is 0.258 e. The Morgan fingerprint density at radius 1 is 1.30 bits per heavy atom. The molecule has 2 N–H and O–H groups in total. The van der Waals surface area contributed by atoms with Crippen molar-refractivity contribution < 1.29 is 8.42 Å². The van der Waals surface area contributed by atoms with Gasteiger partial charge in [0.05, 0.1) is 0 Å². The van der Waals surface area contributed by atoms with E-state index in [1.807, 2.05) is 20.9 Å². The van der Waals surface area contributed by atoms with Crippen molar-refractivity contribution in [3.05, 3.63) is 23.9 Å². The third-order valence-corrected chi connectivity index (χ3v) is 5.05. The quantitative estimate of drug-likeness (QED) is 0.805. The molecule has 0 bridgehead atoms. The Hall–Kier alpha value is -0.980. The maximum atomic E-state index is 12.2. The standard InChI is InChI=1S/C14H25N3O2S/c1-11(2)14(3,4)10-17-20(18,19)13-7-6-12(8-15-5)9-16-13/h6-7,9,11,15,17H,8,10H2,1-5H3. The Balaban J connectivity index is 2.79. The number of nitrogens with zero attached hydrogens (tertiary/aromatic N) is 1. The molecular formula is C14H25N3O2S. The summed E-state index contributed by atoms with van der Waals surface area (Å²) in [5.41, 5.74) is 0.855. The van der Waals surface area contributed by atoms with Gasteiger partial charge in [-0.05, 0) is 30.0 Å². The van der Waals surface area contributed by atoms with Gasteiger partial charge < -0.3 is 5.32 Å². The number of hydrogen-bond acceptors (Lipinski definition) is 4. The van der Waals surface area contributed by atoms with Gasteiger partial charge in [-0.1, -0.05) is 33.8 Å². The summed E-state index contributed by atoms with van der Waals surface area (Å²) >= 11 is 0. The second-order valence-corrected chi connectivity index (χ2v) is 7.72. The van der Waals surface area contributed by atoms with Crippen molar-refractivity contribution in [2.75, 3.05) is 13.6 Å². The first-order valence-electron chi connectivity index (χ1n) is 6.78. The minimum Gasteiger partial charge on any atom is -0.316 e. The molecule has 0 radical (unpaired) electrons. The third-order valence-electron chi connectivity index (χ3n) is 3.73. The van der Waals surface area contributed by atoms with Crippen LogP contribution in [0.2, 0.25) is 0 Å². The van der Waals surface area contributed by atoms with Crippen LogP contribution < -0.4 is 10.0 Å². The van der Waals surface area contributed by atoms with Crippen LogP contribution in [0.3, 0.4) is 0 Å². The van der Waals surface area contributed by atoms with Gasteiger partial charge in [-0.15, -0.1) is 0 Å². The van der Waals surface area contributed by atoms with Crippen molar-refractivity contribution in [3.8, 4) is 0 Å². The topological polar surface area (TPSA) is 71.1 Å². The SMILES string of the molecule is CNCc1ccc(S(=O)(=O)NCC(C)(C)C(C)C)nc1. The van der Waals surface area contributed by atoms with Crippen molar-refractivity contribution in [1.82, 2.24) is 15.0 Å². The first-order valence-corrected chi connectivity index (χ1v) is 8.26. The van der Waals surface area contributed by atoms with Crippen LogP contribution in [0.4, 0.5) is 0 Å². The van der Waals surface area contributed by atoms with Crippen LogP contribution in [-0.4, -0.2) is 27.0 Å². The van der Waals surface area contributed by atoms with Crippen LogP contribution >= 0.6 is 0 Å². The summed E-state index contributed by atoms with van der Waals surface area (Å²) in [6.07, 6.45) is 1.58. The molecule has 0 aliphatic rings. The molecule has 5 nitrogen and oxygen atoms in total. The summed E-state index contributed by atoms with van der Waals surface area (Å²) in [5, 5.41) is 3.06. The number of sulfonamides is 1. The molecule has 0 amide bonds. The van der Waals surface area contributed by atoms with Gasteiger partial charge in [0.25, 0.3) is 10.0 Å². The second kappa shape index (κ2) is 6.65. The molecule has 0 aliphatic carbocycles. The van der Waals surface area contributed by atoms with Gasteiger partial charge in [0, 0.05) is 19.3 Å². The highest BCUT2D eigenvalue weighted by Crippen LogP contribution is 2.25. The molecule has 0 saturated carbocycles. The van der Waals surface area contributed by atoms with E-state index < -0.39 is 10.0 Å². The molecule has 0 atom stereocenters. The van der Waals surface area contributed by atoms with Gasteiger partial charge in [0.1, 0.15) is 0 Å². The monoisotopic (exact) mass is 299 g/mol. The molecule has 0 aromatic carbocycles. The Labute approximate surface area is 122 Å². The molecule has 20 heavy (non-hydrogen) atoms.